The van der Waals surface area contributed by atoms with Crippen LogP contribution in [0.25, 0.3) is 0 Å². The van der Waals surface area contributed by atoms with Crippen molar-refractivity contribution in [3.63, 3.8) is 0 Å². The van der Waals surface area contributed by atoms with Gasteiger partial charge >= 0.3 is 5.97 Å². The molecule has 0 atom stereocenters. The lowest BCUT2D eigenvalue weighted by Gasteiger charge is -2.56. The molecule has 0 amide bonds. The van der Waals surface area contributed by atoms with E-state index < -0.39 is 5.54 Å². The predicted molar refractivity (Wildman–Crippen MR) is 181 cm³/mol. The highest BCUT2D eigenvalue weighted by atomic mass is 79.9. The summed E-state index contributed by atoms with van der Waals surface area (Å²) in [6, 6.07) is 12.0. The molecule has 0 saturated heterocycles. The number of carbonyl (C=O) groups excluding carboxylic acids is 1. The van der Waals surface area contributed by atoms with Crippen LogP contribution in [0.1, 0.15) is 69.4 Å². The monoisotopic (exact) mass is 679 g/mol. The topological polar surface area (TPSA) is 95.5 Å². The number of ether oxygens (including phenoxy) is 3. The van der Waals surface area contributed by atoms with Gasteiger partial charge in [-0.05, 0) is 116 Å². The van der Waals surface area contributed by atoms with Crippen molar-refractivity contribution in [1.82, 2.24) is 0 Å². The number of cyclic esters (lactones) is 1. The maximum Gasteiger partial charge on any atom is 0.341 e. The molecule has 1 aliphatic heterocycles. The molecule has 44 heavy (non-hydrogen) atoms. The van der Waals surface area contributed by atoms with Crippen LogP contribution in [0.3, 0.4) is 0 Å². The molecule has 0 unspecified atom stereocenters. The fraction of sp³-hybridized carbons (Fsp3) is 0.514. The van der Waals surface area contributed by atoms with E-state index >= 15 is 0 Å². The first-order valence-electron chi connectivity index (χ1n) is 15.7. The van der Waals surface area contributed by atoms with Crippen LogP contribution in [-0.2, 0) is 9.53 Å². The van der Waals surface area contributed by atoms with Crippen LogP contribution in [0.15, 0.2) is 63.1 Å². The molecule has 1 heterocycles. The minimum Gasteiger partial charge on any atom is -0.496 e. The van der Waals surface area contributed by atoms with Crippen LogP contribution in [0.4, 0.5) is 5.69 Å². The van der Waals surface area contributed by atoms with Gasteiger partial charge in [0.2, 0.25) is 5.90 Å². The molecule has 4 bridgehead atoms. The Morgan fingerprint density at radius 1 is 1.11 bits per heavy atom. The second-order valence-corrected chi connectivity index (χ2v) is 14.8. The third-order valence-corrected chi connectivity index (χ3v) is 11.5. The third-order valence-electron chi connectivity index (χ3n) is 9.82. The van der Waals surface area contributed by atoms with Gasteiger partial charge in [0.15, 0.2) is 5.54 Å². The number of carbonyl (C=O) groups is 1. The van der Waals surface area contributed by atoms with Crippen LogP contribution < -0.4 is 15.2 Å². The van der Waals surface area contributed by atoms with E-state index in [9.17, 15) is 4.79 Å². The van der Waals surface area contributed by atoms with Crippen molar-refractivity contribution in [1.29, 1.82) is 0 Å². The first-order chi connectivity index (χ1) is 21.3. The number of methoxy groups -OCH3 is 2. The first kappa shape index (κ1) is 31.2. The fourth-order valence-corrected chi connectivity index (χ4v) is 9.53. The zero-order valence-electron chi connectivity index (χ0n) is 26.0. The lowest BCUT2D eigenvalue weighted by atomic mass is 9.49. The average Bonchev–Trinajstić information content (AvgIpc) is 3.36. The number of alkyl halides is 1. The molecule has 2 aromatic rings. The Kier molecular flexibility index (Phi) is 9.16. The summed E-state index contributed by atoms with van der Waals surface area (Å²) in [5, 5.41) is 0.987. The van der Waals surface area contributed by atoms with Crippen molar-refractivity contribution in [3.8, 4) is 11.5 Å². The van der Waals surface area contributed by atoms with Crippen LogP contribution in [-0.4, -0.2) is 48.4 Å². The quantitative estimate of drug-likeness (QED) is 0.0856. The number of nitrogens with zero attached hydrogens (tertiary/aromatic N) is 2. The number of halogens is 1. The smallest absolute Gasteiger partial charge is 0.341 e. The van der Waals surface area contributed by atoms with E-state index in [2.05, 4.69) is 48.0 Å². The largest absolute Gasteiger partial charge is 0.496 e. The van der Waals surface area contributed by atoms with Crippen molar-refractivity contribution in [2.24, 2.45) is 39.4 Å². The highest BCUT2D eigenvalue weighted by Gasteiger charge is 2.64. The molecule has 9 heteroatoms. The summed E-state index contributed by atoms with van der Waals surface area (Å²) in [6.45, 7) is 4.35. The summed E-state index contributed by atoms with van der Waals surface area (Å²) < 4.78 is 17.5. The second-order valence-electron chi connectivity index (χ2n) is 12.8. The Morgan fingerprint density at radius 3 is 2.36 bits per heavy atom. The number of benzene rings is 2. The summed E-state index contributed by atoms with van der Waals surface area (Å²) in [7, 11) is 3.25. The van der Waals surface area contributed by atoms with Gasteiger partial charge in [0.1, 0.15) is 11.5 Å². The van der Waals surface area contributed by atoms with Crippen molar-refractivity contribution < 1.29 is 19.0 Å². The maximum atomic E-state index is 13.6. The summed E-state index contributed by atoms with van der Waals surface area (Å²) in [4.78, 5) is 25.1. The number of aliphatic imine (C=N–C) groups is 2. The van der Waals surface area contributed by atoms with Crippen molar-refractivity contribution in [2.45, 2.75) is 68.7 Å². The number of nitrogens with two attached hydrogens (primary N) is 1. The highest BCUT2D eigenvalue weighted by molar-refractivity contribution is 9.09. The Morgan fingerprint density at radius 2 is 1.77 bits per heavy atom. The first-order valence-corrected chi connectivity index (χ1v) is 17.8. The molecule has 4 fully saturated rings. The summed E-state index contributed by atoms with van der Waals surface area (Å²) >= 11 is 5.37. The molecule has 0 aromatic heterocycles. The highest BCUT2D eigenvalue weighted by Crippen LogP contribution is 2.61. The Hall–Kier alpha value is -2.78. The SMILES string of the molecule is COc1cccc(OC)c1C(C=C(N)C1=NC2(C(=O)O1)C1CC3CC(C1)CC2C3)=Nc1ccc(SCCCBr)cc1C(C)C. The molecule has 4 aliphatic carbocycles. The lowest BCUT2D eigenvalue weighted by Crippen LogP contribution is -2.59. The van der Waals surface area contributed by atoms with Gasteiger partial charge in [-0.25, -0.2) is 14.8 Å². The van der Waals surface area contributed by atoms with Crippen LogP contribution in [0.2, 0.25) is 0 Å². The van der Waals surface area contributed by atoms with Crippen LogP contribution >= 0.6 is 27.7 Å². The standard InChI is InChI=1S/C35H42BrN3O4S/c1-20(2)26-18-25(44-12-6-11-36)9-10-28(26)38-29(32-30(41-3)7-5-8-31(32)42-4)19-27(37)33-39-35(34(40)43-33)23-14-21-13-22(16-23)17-24(35)15-21/h5,7-10,18-24H,6,11-17,37H2,1-4H3. The van der Waals surface area contributed by atoms with Crippen molar-refractivity contribution >= 4 is 51.0 Å². The van der Waals surface area contributed by atoms with E-state index in [1.54, 1.807) is 20.3 Å². The van der Waals surface area contributed by atoms with Crippen LogP contribution in [0, 0.1) is 23.7 Å². The number of rotatable bonds is 11. The molecular weight excluding hydrogens is 638 g/mol. The Labute approximate surface area is 273 Å². The maximum absolute atomic E-state index is 13.6. The van der Waals surface area contributed by atoms with E-state index in [4.69, 9.17) is 29.9 Å². The van der Waals surface area contributed by atoms with E-state index in [0.717, 1.165) is 54.4 Å². The number of esters is 1. The molecule has 5 aliphatic rings. The molecule has 4 saturated carbocycles. The van der Waals surface area contributed by atoms with Gasteiger partial charge in [-0.3, -0.25) is 0 Å². The van der Waals surface area contributed by atoms with Gasteiger partial charge in [-0.15, -0.1) is 11.8 Å². The molecule has 234 valence electrons. The number of thioether (sulfide) groups is 1. The summed E-state index contributed by atoms with van der Waals surface area (Å²) in [5.41, 5.74) is 9.41. The number of allylic oxidation sites excluding steroid dienone is 1. The lowest BCUT2D eigenvalue weighted by molar-refractivity contribution is -0.153. The van der Waals surface area contributed by atoms with E-state index in [1.807, 2.05) is 30.0 Å². The third kappa shape index (κ3) is 5.70. The molecule has 0 radical (unpaired) electrons. The fourth-order valence-electron chi connectivity index (χ4n) is 7.98. The van der Waals surface area contributed by atoms with Gasteiger partial charge in [0.25, 0.3) is 0 Å². The van der Waals surface area contributed by atoms with Crippen molar-refractivity contribution in [3.05, 3.63) is 59.3 Å². The molecule has 7 nitrogen and oxygen atoms in total. The van der Waals surface area contributed by atoms with Gasteiger partial charge < -0.3 is 19.9 Å². The Balaban J connectivity index is 1.44. The molecule has 2 N–H and O–H groups in total. The van der Waals surface area contributed by atoms with Gasteiger partial charge in [-0.2, -0.15) is 0 Å². The van der Waals surface area contributed by atoms with Crippen LogP contribution in [0.5, 0.6) is 11.5 Å². The van der Waals surface area contributed by atoms with E-state index in [0.29, 0.717) is 34.6 Å². The minimum absolute atomic E-state index is 0.201. The van der Waals surface area contributed by atoms with Crippen molar-refractivity contribution in [2.75, 3.05) is 25.3 Å². The summed E-state index contributed by atoms with van der Waals surface area (Å²) in [5.74, 6) is 4.34. The van der Waals surface area contributed by atoms with Gasteiger partial charge in [0.05, 0.1) is 36.9 Å². The normalized spacial score (nSPS) is 27.7. The number of hydrogen-bond donors (Lipinski definition) is 1. The summed E-state index contributed by atoms with van der Waals surface area (Å²) in [6.07, 6.45) is 8.36. The zero-order valence-corrected chi connectivity index (χ0v) is 28.4. The predicted octanol–water partition coefficient (Wildman–Crippen LogP) is 7.82. The minimum atomic E-state index is -0.798. The molecule has 1 spiro atoms. The van der Waals surface area contributed by atoms with Gasteiger partial charge in [-0.1, -0.05) is 35.8 Å². The van der Waals surface area contributed by atoms with E-state index in [-0.39, 0.29) is 35.3 Å². The second kappa shape index (κ2) is 12.9. The van der Waals surface area contributed by atoms with E-state index in [1.165, 1.54) is 11.3 Å². The van der Waals surface area contributed by atoms with Gasteiger partial charge in [0, 0.05) is 10.2 Å². The Bertz CT molecular complexity index is 1470. The average molecular weight is 681 g/mol. The zero-order chi connectivity index (χ0) is 31.0. The molecule has 7 rings (SSSR count). The number of hydrogen-bond acceptors (Lipinski definition) is 8. The molecule has 2 aromatic carbocycles. The molecular formula is C35H42BrN3O4S.